The van der Waals surface area contributed by atoms with Crippen molar-refractivity contribution in [3.63, 3.8) is 0 Å². The Morgan fingerprint density at radius 1 is 1.35 bits per heavy atom. The smallest absolute Gasteiger partial charge is 0.243 e. The Labute approximate surface area is 138 Å². The van der Waals surface area contributed by atoms with Gasteiger partial charge < -0.3 is 0 Å². The molecule has 0 spiro atoms. The second-order valence-corrected chi connectivity index (χ2v) is 8.05. The molecule has 1 atom stereocenters. The van der Waals surface area contributed by atoms with E-state index in [4.69, 9.17) is 0 Å². The first kappa shape index (κ1) is 17.6. The van der Waals surface area contributed by atoms with E-state index in [-0.39, 0.29) is 29.7 Å². The molecule has 0 aliphatic heterocycles. The summed E-state index contributed by atoms with van der Waals surface area (Å²) in [4.78, 5) is 11.6. The Morgan fingerprint density at radius 3 is 2.48 bits per heavy atom. The average Bonchev–Trinajstić information content (AvgIpc) is 2.48. The minimum Gasteiger partial charge on any atom is -0.299 e. The van der Waals surface area contributed by atoms with Gasteiger partial charge in [-0.1, -0.05) is 42.0 Å². The summed E-state index contributed by atoms with van der Waals surface area (Å²) in [6.07, 6.45) is 5.09. The number of nitrogens with zero attached hydrogens (tertiary/aromatic N) is 1. The predicted molar refractivity (Wildman–Crippen MR) is 91.6 cm³/mol. The number of carbonyl (C=O) groups is 1. The lowest BCUT2D eigenvalue weighted by Gasteiger charge is -2.23. The first-order valence-corrected chi connectivity index (χ1v) is 9.15. The number of hydrogen-bond acceptors (Lipinski definition) is 3. The van der Waals surface area contributed by atoms with Crippen LogP contribution in [-0.4, -0.2) is 31.6 Å². The van der Waals surface area contributed by atoms with Gasteiger partial charge in [-0.15, -0.1) is 0 Å². The topological polar surface area (TPSA) is 54.5 Å². The van der Waals surface area contributed by atoms with Crippen LogP contribution in [0.1, 0.15) is 25.3 Å². The third-order valence-electron chi connectivity index (χ3n) is 3.90. The highest BCUT2D eigenvalue weighted by Gasteiger charge is 2.26. The van der Waals surface area contributed by atoms with Crippen LogP contribution in [0.5, 0.6) is 0 Å². The van der Waals surface area contributed by atoms with Crippen molar-refractivity contribution in [1.82, 2.24) is 4.31 Å². The van der Waals surface area contributed by atoms with Crippen LogP contribution >= 0.6 is 0 Å². The van der Waals surface area contributed by atoms with Crippen molar-refractivity contribution >= 4 is 15.8 Å². The first-order valence-electron chi connectivity index (χ1n) is 7.71. The van der Waals surface area contributed by atoms with Gasteiger partial charge in [0.25, 0.3) is 0 Å². The molecule has 1 unspecified atom stereocenters. The van der Waals surface area contributed by atoms with E-state index in [0.717, 1.165) is 17.6 Å². The monoisotopic (exact) mass is 333 g/mol. The molecule has 1 saturated carbocycles. The molecule has 0 radical (unpaired) electrons. The zero-order chi connectivity index (χ0) is 17.0. The molecule has 5 heteroatoms. The van der Waals surface area contributed by atoms with Gasteiger partial charge in [-0.2, -0.15) is 4.31 Å². The van der Waals surface area contributed by atoms with Crippen LogP contribution in [0.3, 0.4) is 0 Å². The van der Waals surface area contributed by atoms with Crippen molar-refractivity contribution in [3.05, 3.63) is 54.1 Å². The molecule has 23 heavy (non-hydrogen) atoms. The van der Waals surface area contributed by atoms with E-state index in [0.29, 0.717) is 6.42 Å². The van der Waals surface area contributed by atoms with Crippen molar-refractivity contribution < 1.29 is 13.2 Å². The molecule has 1 aromatic rings. The van der Waals surface area contributed by atoms with E-state index in [1.54, 1.807) is 37.3 Å². The molecule has 124 valence electrons. The molecule has 0 saturated heterocycles. The van der Waals surface area contributed by atoms with Gasteiger partial charge in [-0.3, -0.25) is 4.79 Å². The molecule has 0 amide bonds. The molecule has 0 N–H and O–H groups in total. The van der Waals surface area contributed by atoms with E-state index in [2.05, 4.69) is 6.58 Å². The van der Waals surface area contributed by atoms with Crippen molar-refractivity contribution in [3.8, 4) is 0 Å². The van der Waals surface area contributed by atoms with Crippen LogP contribution in [-0.2, 0) is 14.8 Å². The Kier molecular flexibility index (Phi) is 5.55. The number of sulfonamides is 1. The molecule has 0 heterocycles. The van der Waals surface area contributed by atoms with Crippen LogP contribution in [0.2, 0.25) is 0 Å². The van der Waals surface area contributed by atoms with Gasteiger partial charge in [0, 0.05) is 25.4 Å². The maximum atomic E-state index is 12.8. The first-order chi connectivity index (χ1) is 10.8. The number of ketones is 1. The van der Waals surface area contributed by atoms with E-state index in [9.17, 15) is 13.2 Å². The summed E-state index contributed by atoms with van der Waals surface area (Å²) in [5.74, 6) is 0.192. The fourth-order valence-electron chi connectivity index (χ4n) is 2.38. The minimum atomic E-state index is -3.58. The molecule has 1 fully saturated rings. The number of rotatable bonds is 7. The molecule has 1 aliphatic rings. The van der Waals surface area contributed by atoms with Crippen LogP contribution in [0.25, 0.3) is 0 Å². The van der Waals surface area contributed by atoms with E-state index >= 15 is 0 Å². The van der Waals surface area contributed by atoms with Gasteiger partial charge in [0.15, 0.2) is 0 Å². The van der Waals surface area contributed by atoms with Gasteiger partial charge in [0.1, 0.15) is 5.78 Å². The number of allylic oxidation sites excluding steroid dienone is 1. The molecule has 0 bridgehead atoms. The van der Waals surface area contributed by atoms with E-state index < -0.39 is 10.0 Å². The normalized spacial score (nSPS) is 18.4. The van der Waals surface area contributed by atoms with Crippen LogP contribution in [0, 0.1) is 12.8 Å². The predicted octanol–water partition coefficient (Wildman–Crippen LogP) is 3.10. The summed E-state index contributed by atoms with van der Waals surface area (Å²) < 4.78 is 27.0. The number of hydrogen-bond donors (Lipinski definition) is 0. The Bertz CT molecular complexity index is 717. The van der Waals surface area contributed by atoms with Gasteiger partial charge in [-0.05, 0) is 32.4 Å². The summed E-state index contributed by atoms with van der Waals surface area (Å²) in [6, 6.07) is 6.81. The second-order valence-electron chi connectivity index (χ2n) is 6.11. The maximum Gasteiger partial charge on any atom is 0.243 e. The lowest BCUT2D eigenvalue weighted by molar-refractivity contribution is -0.127. The highest BCUT2D eigenvalue weighted by molar-refractivity contribution is 7.89. The summed E-state index contributed by atoms with van der Waals surface area (Å²) in [5, 5.41) is 0. The average molecular weight is 333 g/mol. The van der Waals surface area contributed by atoms with Crippen LogP contribution in [0.4, 0.5) is 0 Å². The number of aryl methyl sites for hydroxylation is 1. The Hall–Kier alpha value is -1.72. The Morgan fingerprint density at radius 2 is 2.00 bits per heavy atom. The fourth-order valence-corrected chi connectivity index (χ4v) is 3.83. The zero-order valence-corrected chi connectivity index (χ0v) is 14.5. The van der Waals surface area contributed by atoms with Gasteiger partial charge >= 0.3 is 0 Å². The Balaban J connectivity index is 2.17. The van der Waals surface area contributed by atoms with Crippen molar-refractivity contribution in [2.45, 2.75) is 31.6 Å². The standard InChI is InChI=1S/C18H23NO3S/c1-14(2)13-19(12-4-5-16-8-11-18(16)20)23(21,22)17-9-6-15(3)7-10-17/h4-7,9-10,16H,1,8,11-13H2,2-3H3/b5-4+. The number of benzene rings is 1. The summed E-state index contributed by atoms with van der Waals surface area (Å²) in [5.41, 5.74) is 1.78. The molecular formula is C18H23NO3S. The molecule has 1 aliphatic carbocycles. The summed E-state index contributed by atoms with van der Waals surface area (Å²) in [7, 11) is -3.58. The van der Waals surface area contributed by atoms with Crippen LogP contribution < -0.4 is 0 Å². The van der Waals surface area contributed by atoms with Gasteiger partial charge in [-0.25, -0.2) is 8.42 Å². The van der Waals surface area contributed by atoms with E-state index in [1.165, 1.54) is 4.31 Å². The van der Waals surface area contributed by atoms with Crippen LogP contribution in [0.15, 0.2) is 53.5 Å². The van der Waals surface area contributed by atoms with Gasteiger partial charge in [0.05, 0.1) is 4.90 Å². The summed E-state index contributed by atoms with van der Waals surface area (Å²) in [6.45, 7) is 8.04. The highest BCUT2D eigenvalue weighted by Crippen LogP contribution is 2.23. The molecule has 2 rings (SSSR count). The fraction of sp³-hybridized carbons (Fsp3) is 0.389. The number of Topliss-reactive ketones (excluding diaryl/α,β-unsaturated/α-hetero) is 1. The molecule has 0 aromatic heterocycles. The van der Waals surface area contributed by atoms with Crippen molar-refractivity contribution in [2.24, 2.45) is 5.92 Å². The quantitative estimate of drug-likeness (QED) is 0.721. The lowest BCUT2D eigenvalue weighted by Crippen LogP contribution is -2.33. The molecular weight excluding hydrogens is 310 g/mol. The van der Waals surface area contributed by atoms with Gasteiger partial charge in [0.2, 0.25) is 10.0 Å². The zero-order valence-electron chi connectivity index (χ0n) is 13.7. The van der Waals surface area contributed by atoms with Crippen molar-refractivity contribution in [1.29, 1.82) is 0 Å². The third kappa shape index (κ3) is 4.39. The second kappa shape index (κ2) is 7.23. The molecule has 1 aromatic carbocycles. The minimum absolute atomic E-state index is 0.0382. The lowest BCUT2D eigenvalue weighted by atomic mass is 9.84. The third-order valence-corrected chi connectivity index (χ3v) is 5.72. The molecule has 4 nitrogen and oxygen atoms in total. The summed E-state index contributed by atoms with van der Waals surface area (Å²) >= 11 is 0. The van der Waals surface area contributed by atoms with Crippen molar-refractivity contribution in [2.75, 3.05) is 13.1 Å². The SMILES string of the molecule is C=C(C)CN(C/C=C/C1CCC1=O)S(=O)(=O)c1ccc(C)cc1. The highest BCUT2D eigenvalue weighted by atomic mass is 32.2. The van der Waals surface area contributed by atoms with E-state index in [1.807, 2.05) is 13.0 Å². The number of carbonyl (C=O) groups excluding carboxylic acids is 1. The largest absolute Gasteiger partial charge is 0.299 e. The maximum absolute atomic E-state index is 12.8.